The Morgan fingerprint density at radius 1 is 1.00 bits per heavy atom. The van der Waals surface area contributed by atoms with Crippen molar-refractivity contribution in [3.8, 4) is 22.5 Å². The van der Waals surface area contributed by atoms with Gasteiger partial charge in [0.25, 0.3) is 5.78 Å². The highest BCUT2D eigenvalue weighted by Crippen LogP contribution is 2.32. The number of aromatic nitrogens is 4. The molecule has 4 aromatic rings. The quantitative estimate of drug-likeness (QED) is 0.596. The molecule has 7 nitrogen and oxygen atoms in total. The standard InChI is InChI=1S/C17H12FN5O2S/c18-13-3-1-2-12(10-13)15-16(23-17(22-15)20-8-9-21-23)11-4-6-14(7-5-11)26(19,24)25/h1-10H,(H2,19,24,25). The zero-order chi connectivity index (χ0) is 18.3. The van der Waals surface area contributed by atoms with E-state index >= 15 is 0 Å². The first kappa shape index (κ1) is 16.3. The van der Waals surface area contributed by atoms with Gasteiger partial charge < -0.3 is 0 Å². The van der Waals surface area contributed by atoms with Crippen LogP contribution in [0.1, 0.15) is 0 Å². The Bertz CT molecular complexity index is 1220. The van der Waals surface area contributed by atoms with Gasteiger partial charge in [0, 0.05) is 11.1 Å². The highest BCUT2D eigenvalue weighted by Gasteiger charge is 2.18. The maximum absolute atomic E-state index is 13.7. The van der Waals surface area contributed by atoms with Crippen molar-refractivity contribution < 1.29 is 12.8 Å². The van der Waals surface area contributed by atoms with Gasteiger partial charge in [-0.25, -0.2) is 27.9 Å². The van der Waals surface area contributed by atoms with Gasteiger partial charge in [0.15, 0.2) is 0 Å². The molecule has 0 saturated carbocycles. The lowest BCUT2D eigenvalue weighted by atomic mass is 10.1. The summed E-state index contributed by atoms with van der Waals surface area (Å²) in [6, 6.07) is 12.0. The van der Waals surface area contributed by atoms with Gasteiger partial charge >= 0.3 is 0 Å². The van der Waals surface area contributed by atoms with Crippen molar-refractivity contribution in [3.05, 3.63) is 66.7 Å². The van der Waals surface area contributed by atoms with Crippen molar-refractivity contribution in [1.82, 2.24) is 19.6 Å². The summed E-state index contributed by atoms with van der Waals surface area (Å²) in [6.07, 6.45) is 3.01. The highest BCUT2D eigenvalue weighted by molar-refractivity contribution is 7.89. The summed E-state index contributed by atoms with van der Waals surface area (Å²) in [7, 11) is -3.80. The van der Waals surface area contributed by atoms with E-state index in [1.807, 2.05) is 0 Å². The Morgan fingerprint density at radius 2 is 1.77 bits per heavy atom. The number of nitrogens with two attached hydrogens (primary N) is 1. The first-order chi connectivity index (χ1) is 12.4. The van der Waals surface area contributed by atoms with Crippen LogP contribution in [0.3, 0.4) is 0 Å². The van der Waals surface area contributed by atoms with E-state index in [0.29, 0.717) is 28.3 Å². The van der Waals surface area contributed by atoms with Crippen LogP contribution in [0.15, 0.2) is 65.8 Å². The third-order valence-corrected chi connectivity index (χ3v) is 4.76. The molecule has 0 aliphatic rings. The van der Waals surface area contributed by atoms with E-state index in [1.54, 1.807) is 24.3 Å². The number of nitrogens with zero attached hydrogens (tertiary/aromatic N) is 4. The largest absolute Gasteiger partial charge is 0.251 e. The van der Waals surface area contributed by atoms with Crippen LogP contribution in [0.2, 0.25) is 0 Å². The number of halogens is 1. The monoisotopic (exact) mass is 369 g/mol. The fourth-order valence-corrected chi connectivity index (χ4v) is 3.20. The van der Waals surface area contributed by atoms with Crippen molar-refractivity contribution in [3.63, 3.8) is 0 Å². The van der Waals surface area contributed by atoms with Crippen molar-refractivity contribution in [2.75, 3.05) is 0 Å². The van der Waals surface area contributed by atoms with Crippen LogP contribution in [0.5, 0.6) is 0 Å². The molecule has 9 heteroatoms. The molecule has 2 heterocycles. The average molecular weight is 369 g/mol. The molecule has 4 rings (SSSR count). The predicted octanol–water partition coefficient (Wildman–Crippen LogP) is 2.24. The first-order valence-electron chi connectivity index (χ1n) is 7.52. The van der Waals surface area contributed by atoms with Crippen molar-refractivity contribution in [1.29, 1.82) is 0 Å². The number of sulfonamides is 1. The van der Waals surface area contributed by atoms with E-state index in [1.165, 1.54) is 41.2 Å². The second-order valence-electron chi connectivity index (χ2n) is 5.54. The Kier molecular flexibility index (Phi) is 3.74. The normalized spacial score (nSPS) is 11.8. The molecular weight excluding hydrogens is 357 g/mol. The van der Waals surface area contributed by atoms with E-state index in [2.05, 4.69) is 15.1 Å². The van der Waals surface area contributed by atoms with Crippen molar-refractivity contribution in [2.24, 2.45) is 5.14 Å². The smallest absolute Gasteiger partial charge is 0.225 e. The fraction of sp³-hybridized carbons (Fsp3) is 0. The minimum atomic E-state index is -3.80. The number of benzene rings is 2. The van der Waals surface area contributed by atoms with Crippen LogP contribution in [-0.2, 0) is 10.0 Å². The molecule has 0 spiro atoms. The summed E-state index contributed by atoms with van der Waals surface area (Å²) in [5.74, 6) is -0.0479. The molecule has 2 aromatic carbocycles. The Balaban J connectivity index is 1.98. The molecule has 0 unspecified atom stereocenters. The second-order valence-corrected chi connectivity index (χ2v) is 7.10. The number of primary sulfonamides is 1. The third-order valence-electron chi connectivity index (χ3n) is 3.83. The first-order valence-corrected chi connectivity index (χ1v) is 9.07. The number of fused-ring (bicyclic) bond motifs is 1. The van der Waals surface area contributed by atoms with Gasteiger partial charge in [-0.1, -0.05) is 24.3 Å². The summed E-state index contributed by atoms with van der Waals surface area (Å²) in [6.45, 7) is 0. The summed E-state index contributed by atoms with van der Waals surface area (Å²) in [5, 5.41) is 9.40. The van der Waals surface area contributed by atoms with Crippen LogP contribution in [0.4, 0.5) is 4.39 Å². The lowest BCUT2D eigenvalue weighted by Gasteiger charge is -2.06. The predicted molar refractivity (Wildman–Crippen MR) is 93.0 cm³/mol. The van der Waals surface area contributed by atoms with Gasteiger partial charge in [0.2, 0.25) is 10.0 Å². The SMILES string of the molecule is NS(=O)(=O)c1ccc(-c2c(-c3cccc(F)c3)nc3nccnn23)cc1. The van der Waals surface area contributed by atoms with Gasteiger partial charge in [-0.3, -0.25) is 0 Å². The van der Waals surface area contributed by atoms with E-state index < -0.39 is 15.8 Å². The van der Waals surface area contributed by atoms with Gasteiger partial charge in [0.05, 0.1) is 17.3 Å². The molecule has 26 heavy (non-hydrogen) atoms. The number of hydrogen-bond acceptors (Lipinski definition) is 5. The van der Waals surface area contributed by atoms with E-state index in [0.717, 1.165) is 0 Å². The van der Waals surface area contributed by atoms with E-state index in [-0.39, 0.29) is 4.90 Å². The summed E-state index contributed by atoms with van der Waals surface area (Å²) < 4.78 is 38.1. The summed E-state index contributed by atoms with van der Waals surface area (Å²) in [4.78, 5) is 8.62. The van der Waals surface area contributed by atoms with Crippen LogP contribution < -0.4 is 5.14 Å². The average Bonchev–Trinajstić information content (AvgIpc) is 3.00. The number of hydrogen-bond donors (Lipinski definition) is 1. The van der Waals surface area contributed by atoms with E-state index in [4.69, 9.17) is 5.14 Å². The molecule has 130 valence electrons. The van der Waals surface area contributed by atoms with Gasteiger partial charge in [-0.15, -0.1) is 0 Å². The third kappa shape index (κ3) is 2.83. The van der Waals surface area contributed by atoms with Gasteiger partial charge in [-0.2, -0.15) is 9.61 Å². The molecule has 0 fully saturated rings. The molecule has 0 amide bonds. The van der Waals surface area contributed by atoms with Crippen LogP contribution in [-0.4, -0.2) is 28.0 Å². The van der Waals surface area contributed by atoms with Crippen molar-refractivity contribution in [2.45, 2.75) is 4.90 Å². The lowest BCUT2D eigenvalue weighted by Crippen LogP contribution is -2.11. The molecule has 0 atom stereocenters. The summed E-state index contributed by atoms with van der Waals surface area (Å²) in [5.41, 5.74) is 2.26. The van der Waals surface area contributed by atoms with Crippen molar-refractivity contribution >= 4 is 15.8 Å². The molecule has 2 aromatic heterocycles. The molecule has 0 radical (unpaired) electrons. The van der Waals surface area contributed by atoms with E-state index in [9.17, 15) is 12.8 Å². The molecule has 0 aliphatic carbocycles. The molecule has 0 saturated heterocycles. The van der Waals surface area contributed by atoms with Crippen LogP contribution in [0.25, 0.3) is 28.3 Å². The fourth-order valence-electron chi connectivity index (χ4n) is 2.69. The Hall–Kier alpha value is -3.17. The Labute approximate surface area is 148 Å². The zero-order valence-electron chi connectivity index (χ0n) is 13.2. The minimum Gasteiger partial charge on any atom is -0.225 e. The number of imidazole rings is 1. The molecular formula is C17H12FN5O2S. The molecule has 2 N–H and O–H groups in total. The Morgan fingerprint density at radius 3 is 2.46 bits per heavy atom. The lowest BCUT2D eigenvalue weighted by molar-refractivity contribution is 0.598. The maximum atomic E-state index is 13.7. The van der Waals surface area contributed by atoms with Crippen LogP contribution >= 0.6 is 0 Å². The topological polar surface area (TPSA) is 103 Å². The highest BCUT2D eigenvalue weighted by atomic mass is 32.2. The van der Waals surface area contributed by atoms with Gasteiger partial charge in [0.1, 0.15) is 17.2 Å². The van der Waals surface area contributed by atoms with Crippen LogP contribution in [0, 0.1) is 5.82 Å². The second kappa shape index (κ2) is 5.97. The molecule has 0 bridgehead atoms. The van der Waals surface area contributed by atoms with Gasteiger partial charge in [-0.05, 0) is 24.3 Å². The number of rotatable bonds is 3. The molecule has 0 aliphatic heterocycles. The minimum absolute atomic E-state index is 0.00605. The maximum Gasteiger partial charge on any atom is 0.251 e. The zero-order valence-corrected chi connectivity index (χ0v) is 14.1. The summed E-state index contributed by atoms with van der Waals surface area (Å²) >= 11 is 0.